The van der Waals surface area contributed by atoms with Crippen LogP contribution in [0.1, 0.15) is 10.6 Å². The van der Waals surface area contributed by atoms with Crippen molar-refractivity contribution in [2.75, 3.05) is 18.6 Å². The van der Waals surface area contributed by atoms with Crippen molar-refractivity contribution in [2.24, 2.45) is 0 Å². The third kappa shape index (κ3) is 3.56. The summed E-state index contributed by atoms with van der Waals surface area (Å²) >= 11 is 1.48. The first-order valence-corrected chi connectivity index (χ1v) is 7.52. The van der Waals surface area contributed by atoms with Gasteiger partial charge in [-0.15, -0.1) is 0 Å². The molecule has 2 N–H and O–H groups in total. The van der Waals surface area contributed by atoms with Crippen LogP contribution in [0.4, 0.5) is 0 Å². The molecule has 1 heterocycles. The number of fused-ring (bicyclic) bond motifs is 1. The van der Waals surface area contributed by atoms with Gasteiger partial charge in [0, 0.05) is 11.8 Å². The van der Waals surface area contributed by atoms with E-state index in [4.69, 9.17) is 14.3 Å². The number of rotatable bonds is 6. The van der Waals surface area contributed by atoms with E-state index in [1.54, 1.807) is 12.1 Å². The van der Waals surface area contributed by atoms with Gasteiger partial charge in [-0.2, -0.15) is 11.8 Å². The summed E-state index contributed by atoms with van der Waals surface area (Å²) in [7, 11) is 0. The Balaban J connectivity index is 2.37. The lowest BCUT2D eigenvalue weighted by Crippen LogP contribution is -2.20. The Hall–Kier alpha value is -1.99. The Labute approximate surface area is 124 Å². The quantitative estimate of drug-likeness (QED) is 0.836. The molecule has 0 amide bonds. The molecule has 0 saturated heterocycles. The summed E-state index contributed by atoms with van der Waals surface area (Å²) in [6.45, 7) is 0.0417. The van der Waals surface area contributed by atoms with Gasteiger partial charge in [0.15, 0.2) is 5.43 Å². The molecule has 0 radical (unpaired) electrons. The maximum Gasteiger partial charge on any atom is 0.371 e. The molecule has 0 aliphatic rings. The molecule has 0 spiro atoms. The molecule has 7 heteroatoms. The zero-order valence-electron chi connectivity index (χ0n) is 11.2. The molecule has 1 atom stereocenters. The van der Waals surface area contributed by atoms with Crippen LogP contribution in [0.5, 0.6) is 5.75 Å². The largest absolute Gasteiger partial charge is 0.490 e. The number of thioether (sulfide) groups is 1. The van der Waals surface area contributed by atoms with Crippen molar-refractivity contribution < 1.29 is 24.2 Å². The van der Waals surface area contributed by atoms with E-state index in [0.29, 0.717) is 5.75 Å². The molecule has 112 valence electrons. The van der Waals surface area contributed by atoms with E-state index in [9.17, 15) is 14.7 Å². The highest BCUT2D eigenvalue weighted by molar-refractivity contribution is 7.98. The lowest BCUT2D eigenvalue weighted by Gasteiger charge is -2.12. The minimum Gasteiger partial charge on any atom is -0.490 e. The number of ether oxygens (including phenoxy) is 1. The predicted octanol–water partition coefficient (Wildman–Crippen LogP) is 1.59. The first-order valence-electron chi connectivity index (χ1n) is 6.13. The van der Waals surface area contributed by atoms with Crippen LogP contribution < -0.4 is 10.2 Å². The summed E-state index contributed by atoms with van der Waals surface area (Å²) in [5.41, 5.74) is -0.361. The number of benzene rings is 1. The highest BCUT2D eigenvalue weighted by atomic mass is 32.2. The SMILES string of the molecule is CSC[C@H](O)COc1cccc2oc(C(=O)O)cc(=O)c12. The summed E-state index contributed by atoms with van der Waals surface area (Å²) in [6.07, 6.45) is 1.21. The van der Waals surface area contributed by atoms with Crippen molar-refractivity contribution in [3.05, 3.63) is 40.2 Å². The van der Waals surface area contributed by atoms with E-state index in [2.05, 4.69) is 0 Å². The second kappa shape index (κ2) is 6.64. The predicted molar refractivity (Wildman–Crippen MR) is 79.3 cm³/mol. The van der Waals surface area contributed by atoms with Gasteiger partial charge in [-0.05, 0) is 18.4 Å². The van der Waals surface area contributed by atoms with Gasteiger partial charge in [0.25, 0.3) is 0 Å². The van der Waals surface area contributed by atoms with Gasteiger partial charge in [-0.3, -0.25) is 4.79 Å². The van der Waals surface area contributed by atoms with Crippen molar-refractivity contribution in [1.82, 2.24) is 0 Å². The fourth-order valence-electron chi connectivity index (χ4n) is 1.83. The Kier molecular flexibility index (Phi) is 4.87. The van der Waals surface area contributed by atoms with Crippen LogP contribution in [0.15, 0.2) is 33.5 Å². The van der Waals surface area contributed by atoms with E-state index in [0.717, 1.165) is 6.07 Å². The molecule has 2 aromatic rings. The molecule has 21 heavy (non-hydrogen) atoms. The van der Waals surface area contributed by atoms with Crippen LogP contribution in [-0.4, -0.2) is 40.9 Å². The Morgan fingerprint density at radius 3 is 2.90 bits per heavy atom. The summed E-state index contributed by atoms with van der Waals surface area (Å²) in [4.78, 5) is 22.9. The lowest BCUT2D eigenvalue weighted by atomic mass is 10.2. The van der Waals surface area contributed by atoms with Crippen LogP contribution in [-0.2, 0) is 0 Å². The molecule has 2 rings (SSSR count). The standard InChI is InChI=1S/C14H14O6S/c1-21-7-8(15)6-19-10-3-2-4-11-13(10)9(16)5-12(20-11)14(17)18/h2-5,8,15H,6-7H2,1H3,(H,17,18)/t8-/m1/s1. The van der Waals surface area contributed by atoms with Gasteiger partial charge in [0.2, 0.25) is 5.76 Å². The van der Waals surface area contributed by atoms with Gasteiger partial charge in [0.1, 0.15) is 23.3 Å². The van der Waals surface area contributed by atoms with Crippen molar-refractivity contribution in [1.29, 1.82) is 0 Å². The first-order chi connectivity index (χ1) is 10.0. The van der Waals surface area contributed by atoms with Crippen molar-refractivity contribution >= 4 is 28.7 Å². The monoisotopic (exact) mass is 310 g/mol. The topological polar surface area (TPSA) is 97.0 Å². The lowest BCUT2D eigenvalue weighted by molar-refractivity contribution is 0.0663. The number of aliphatic hydroxyl groups is 1. The number of carbonyl (C=O) groups is 1. The van der Waals surface area contributed by atoms with Crippen molar-refractivity contribution in [2.45, 2.75) is 6.10 Å². The smallest absolute Gasteiger partial charge is 0.371 e. The van der Waals surface area contributed by atoms with Gasteiger partial charge >= 0.3 is 5.97 Å². The second-order valence-corrected chi connectivity index (χ2v) is 5.24. The van der Waals surface area contributed by atoms with E-state index >= 15 is 0 Å². The van der Waals surface area contributed by atoms with Crippen LogP contribution >= 0.6 is 11.8 Å². The van der Waals surface area contributed by atoms with Gasteiger partial charge in [-0.25, -0.2) is 4.79 Å². The number of hydrogen-bond donors (Lipinski definition) is 2. The van der Waals surface area contributed by atoms with Gasteiger partial charge in [0.05, 0.1) is 6.10 Å². The molecule has 0 fully saturated rings. The minimum absolute atomic E-state index is 0.0417. The summed E-state index contributed by atoms with van der Waals surface area (Å²) < 4.78 is 10.6. The zero-order valence-corrected chi connectivity index (χ0v) is 12.1. The molecule has 1 aromatic heterocycles. The third-order valence-corrected chi connectivity index (χ3v) is 3.44. The van der Waals surface area contributed by atoms with Crippen LogP contribution in [0.2, 0.25) is 0 Å². The Morgan fingerprint density at radius 1 is 1.48 bits per heavy atom. The fraction of sp³-hybridized carbons (Fsp3) is 0.286. The molecule has 0 saturated carbocycles. The van der Waals surface area contributed by atoms with E-state index in [-0.39, 0.29) is 23.3 Å². The molecule has 0 unspecified atom stereocenters. The summed E-state index contributed by atoms with van der Waals surface area (Å²) in [5.74, 6) is -0.955. The molecule has 0 bridgehead atoms. The summed E-state index contributed by atoms with van der Waals surface area (Å²) in [6, 6.07) is 5.57. The zero-order chi connectivity index (χ0) is 15.4. The molecular formula is C14H14O6S. The number of carboxylic acids is 1. The molecular weight excluding hydrogens is 296 g/mol. The summed E-state index contributed by atoms with van der Waals surface area (Å²) in [5, 5.41) is 18.7. The average molecular weight is 310 g/mol. The molecule has 6 nitrogen and oxygen atoms in total. The second-order valence-electron chi connectivity index (χ2n) is 4.33. The first kappa shape index (κ1) is 15.4. The third-order valence-electron chi connectivity index (χ3n) is 2.72. The van der Waals surface area contributed by atoms with E-state index in [1.165, 1.54) is 17.8 Å². The number of carboxylic acid groups (broad SMARTS) is 1. The van der Waals surface area contributed by atoms with Crippen LogP contribution in [0, 0.1) is 0 Å². The maximum atomic E-state index is 12.0. The molecule has 1 aromatic carbocycles. The van der Waals surface area contributed by atoms with Crippen LogP contribution in [0.3, 0.4) is 0 Å². The maximum absolute atomic E-state index is 12.0. The minimum atomic E-state index is -1.31. The molecule has 0 aliphatic carbocycles. The van der Waals surface area contributed by atoms with Crippen LogP contribution in [0.25, 0.3) is 11.0 Å². The van der Waals surface area contributed by atoms with Gasteiger partial charge < -0.3 is 19.4 Å². The fourth-order valence-corrected chi connectivity index (χ4v) is 2.31. The van der Waals surface area contributed by atoms with Crippen molar-refractivity contribution in [3.63, 3.8) is 0 Å². The number of aromatic carboxylic acids is 1. The van der Waals surface area contributed by atoms with E-state index in [1.807, 2.05) is 6.26 Å². The number of aliphatic hydroxyl groups excluding tert-OH is 1. The van der Waals surface area contributed by atoms with E-state index < -0.39 is 23.3 Å². The van der Waals surface area contributed by atoms with Gasteiger partial charge in [-0.1, -0.05) is 6.07 Å². The number of hydrogen-bond acceptors (Lipinski definition) is 6. The Morgan fingerprint density at radius 2 is 2.24 bits per heavy atom. The highest BCUT2D eigenvalue weighted by Crippen LogP contribution is 2.23. The van der Waals surface area contributed by atoms with Crippen molar-refractivity contribution in [3.8, 4) is 5.75 Å². The Bertz CT molecular complexity index is 708. The highest BCUT2D eigenvalue weighted by Gasteiger charge is 2.14. The average Bonchev–Trinajstić information content (AvgIpc) is 2.44. The molecule has 0 aliphatic heterocycles. The normalized spacial score (nSPS) is 12.3.